The topological polar surface area (TPSA) is 141 Å². The van der Waals surface area contributed by atoms with Crippen LogP contribution in [-0.4, -0.2) is 76.9 Å². The van der Waals surface area contributed by atoms with Crippen LogP contribution in [-0.2, 0) is 32.9 Å². The zero-order valence-corrected chi connectivity index (χ0v) is 21.6. The van der Waals surface area contributed by atoms with Crippen LogP contribution in [0.5, 0.6) is 5.75 Å². The number of allylic oxidation sites excluding steroid dienone is 1. The van der Waals surface area contributed by atoms with E-state index in [0.29, 0.717) is 4.90 Å². The summed E-state index contributed by atoms with van der Waals surface area (Å²) in [5.74, 6) is -2.37. The van der Waals surface area contributed by atoms with E-state index in [1.165, 1.54) is 31.2 Å². The molecule has 0 aromatic heterocycles. The fourth-order valence-electron chi connectivity index (χ4n) is 3.66. The van der Waals surface area contributed by atoms with Crippen molar-refractivity contribution in [1.82, 2.24) is 9.99 Å². The first-order chi connectivity index (χ1) is 17.8. The average molecular weight is 564 g/mol. The Morgan fingerprint density at radius 2 is 1.92 bits per heavy atom. The molecule has 11 nitrogen and oxygen atoms in total. The number of halogens is 3. The van der Waals surface area contributed by atoms with Crippen LogP contribution in [0.3, 0.4) is 0 Å². The molecule has 1 fully saturated rings. The van der Waals surface area contributed by atoms with Crippen molar-refractivity contribution in [3.05, 3.63) is 42.6 Å². The highest BCUT2D eigenvalue weighted by Gasteiger charge is 2.63. The number of benzene rings is 1. The van der Waals surface area contributed by atoms with Gasteiger partial charge in [0.1, 0.15) is 17.9 Å². The molecule has 210 valence electrons. The third-order valence-corrected chi connectivity index (χ3v) is 7.19. The van der Waals surface area contributed by atoms with E-state index in [1.807, 2.05) is 0 Å². The van der Waals surface area contributed by atoms with Crippen molar-refractivity contribution in [1.29, 1.82) is 0 Å². The van der Waals surface area contributed by atoms with E-state index in [9.17, 15) is 32.8 Å². The van der Waals surface area contributed by atoms with Crippen molar-refractivity contribution in [3.8, 4) is 5.75 Å². The Morgan fingerprint density at radius 1 is 1.26 bits per heavy atom. The molecule has 1 saturated heterocycles. The lowest BCUT2D eigenvalue weighted by atomic mass is 9.98. The third-order valence-electron chi connectivity index (χ3n) is 5.56. The highest BCUT2D eigenvalue weighted by Crippen LogP contribution is 2.49. The summed E-state index contributed by atoms with van der Waals surface area (Å²) < 4.78 is 78.2. The molecule has 2 heterocycles. The number of hydrogen-bond acceptors (Lipinski definition) is 9. The van der Waals surface area contributed by atoms with Crippen LogP contribution in [0.2, 0.25) is 0 Å². The molecule has 0 aliphatic carbocycles. The molecule has 6 atom stereocenters. The maximum absolute atomic E-state index is 15.2. The van der Waals surface area contributed by atoms with Gasteiger partial charge in [0.2, 0.25) is 5.91 Å². The van der Waals surface area contributed by atoms with E-state index in [1.54, 1.807) is 19.9 Å². The quantitative estimate of drug-likeness (QED) is 0.234. The lowest BCUT2D eigenvalue weighted by Crippen LogP contribution is -2.51. The monoisotopic (exact) mass is 564 g/mol. The van der Waals surface area contributed by atoms with Gasteiger partial charge in [0.15, 0.2) is 23.8 Å². The zero-order valence-electron chi connectivity index (χ0n) is 20.7. The standard InChI is InChI=1S/C23H28F3N2O9P/c1-13(2)35-21(32)14(3)27-38(33,37-16-7-5-4-6-8-16)34-12-23(22(25)26)19(24)18(31)20(36-23)28-10-9-15(29)11-17(28)30/h4-10,13-14,18-20,22,31H,11-12H2,1-3H3,(H,27,33)/t14-,18+,19+,20+,23+,38?/m0/s1. The number of ether oxygens (including phenoxy) is 2. The van der Waals surface area contributed by atoms with Gasteiger partial charge in [-0.2, -0.15) is 5.09 Å². The fraction of sp³-hybridized carbons (Fsp3) is 0.522. The molecule has 15 heteroatoms. The Bertz CT molecular complexity index is 1110. The molecule has 1 amide bonds. The number of esters is 1. The van der Waals surface area contributed by atoms with Gasteiger partial charge in [0, 0.05) is 6.20 Å². The van der Waals surface area contributed by atoms with Gasteiger partial charge in [-0.15, -0.1) is 0 Å². The average Bonchev–Trinajstić information content (AvgIpc) is 3.09. The highest BCUT2D eigenvalue weighted by molar-refractivity contribution is 7.52. The van der Waals surface area contributed by atoms with E-state index in [2.05, 4.69) is 5.09 Å². The number of ketones is 1. The number of rotatable bonds is 11. The molecule has 2 aliphatic rings. The number of carbonyl (C=O) groups is 3. The van der Waals surface area contributed by atoms with Crippen LogP contribution in [0.15, 0.2) is 42.6 Å². The number of nitrogens with zero attached hydrogens (tertiary/aromatic N) is 1. The largest absolute Gasteiger partial charge is 0.462 e. The first kappa shape index (κ1) is 29.8. The van der Waals surface area contributed by atoms with Gasteiger partial charge >= 0.3 is 13.7 Å². The molecule has 1 unspecified atom stereocenters. The molecule has 0 bridgehead atoms. The second-order valence-electron chi connectivity index (χ2n) is 8.93. The summed E-state index contributed by atoms with van der Waals surface area (Å²) in [7, 11) is -4.70. The Kier molecular flexibility index (Phi) is 9.37. The van der Waals surface area contributed by atoms with Crippen LogP contribution < -0.4 is 9.61 Å². The number of para-hydroxylation sites is 1. The molecule has 0 spiro atoms. The van der Waals surface area contributed by atoms with Gasteiger partial charge in [0.25, 0.3) is 6.43 Å². The molecule has 2 aliphatic heterocycles. The van der Waals surface area contributed by atoms with Crippen molar-refractivity contribution < 1.29 is 55.7 Å². The summed E-state index contributed by atoms with van der Waals surface area (Å²) in [5.41, 5.74) is -3.20. The number of alkyl halides is 3. The minimum Gasteiger partial charge on any atom is -0.462 e. The Labute approximate surface area is 216 Å². The summed E-state index contributed by atoms with van der Waals surface area (Å²) in [6.45, 7) is 2.99. The molecule has 2 N–H and O–H groups in total. The molecule has 1 aromatic rings. The second-order valence-corrected chi connectivity index (χ2v) is 10.6. The van der Waals surface area contributed by atoms with Gasteiger partial charge in [-0.05, 0) is 39.0 Å². The first-order valence-electron chi connectivity index (χ1n) is 11.6. The normalized spacial score (nSPS) is 28.0. The summed E-state index contributed by atoms with van der Waals surface area (Å²) in [5, 5.41) is 12.6. The van der Waals surface area contributed by atoms with Crippen LogP contribution >= 0.6 is 7.75 Å². The van der Waals surface area contributed by atoms with Gasteiger partial charge < -0.3 is 19.1 Å². The maximum Gasteiger partial charge on any atom is 0.459 e. The van der Waals surface area contributed by atoms with Gasteiger partial charge in [-0.1, -0.05) is 18.2 Å². The minimum absolute atomic E-state index is 0.0328. The van der Waals surface area contributed by atoms with E-state index < -0.39 is 81.1 Å². The lowest BCUT2D eigenvalue weighted by Gasteiger charge is -2.33. The molecular formula is C23H28F3N2O9P. The molecule has 38 heavy (non-hydrogen) atoms. The van der Waals surface area contributed by atoms with Gasteiger partial charge in [-0.3, -0.25) is 23.8 Å². The predicted molar refractivity (Wildman–Crippen MR) is 125 cm³/mol. The van der Waals surface area contributed by atoms with Crippen molar-refractivity contribution in [2.75, 3.05) is 6.61 Å². The summed E-state index contributed by atoms with van der Waals surface area (Å²) in [6, 6.07) is 6.08. The van der Waals surface area contributed by atoms with Gasteiger partial charge in [0.05, 0.1) is 19.1 Å². The molecule has 3 rings (SSSR count). The first-order valence-corrected chi connectivity index (χ1v) is 13.1. The number of hydrogen-bond donors (Lipinski definition) is 2. The summed E-state index contributed by atoms with van der Waals surface area (Å²) in [6.07, 6.45) is -9.97. The Balaban J connectivity index is 1.87. The number of aliphatic hydroxyl groups excluding tert-OH is 1. The molecule has 0 saturated carbocycles. The van der Waals surface area contributed by atoms with E-state index in [0.717, 1.165) is 12.3 Å². The summed E-state index contributed by atoms with van der Waals surface area (Å²) >= 11 is 0. The molecular weight excluding hydrogens is 536 g/mol. The third kappa shape index (κ3) is 6.62. The van der Waals surface area contributed by atoms with Crippen molar-refractivity contribution in [2.24, 2.45) is 0 Å². The fourth-order valence-corrected chi connectivity index (χ4v) is 5.19. The Morgan fingerprint density at radius 3 is 2.50 bits per heavy atom. The van der Waals surface area contributed by atoms with Crippen LogP contribution in [0.25, 0.3) is 0 Å². The van der Waals surface area contributed by atoms with Crippen molar-refractivity contribution in [3.63, 3.8) is 0 Å². The number of aliphatic hydroxyl groups is 1. The summed E-state index contributed by atoms with van der Waals surface area (Å²) in [4.78, 5) is 36.5. The smallest absolute Gasteiger partial charge is 0.459 e. The van der Waals surface area contributed by atoms with Crippen LogP contribution in [0.4, 0.5) is 13.2 Å². The zero-order chi connectivity index (χ0) is 28.3. The number of carbonyl (C=O) groups excluding carboxylic acids is 3. The van der Waals surface area contributed by atoms with Crippen molar-refractivity contribution >= 4 is 25.4 Å². The Hall–Kier alpha value is -2.77. The van der Waals surface area contributed by atoms with E-state index >= 15 is 4.39 Å². The van der Waals surface area contributed by atoms with Crippen LogP contribution in [0, 0.1) is 0 Å². The number of amides is 1. The van der Waals surface area contributed by atoms with Crippen molar-refractivity contribution in [2.45, 2.75) is 69.9 Å². The maximum atomic E-state index is 15.2. The lowest BCUT2D eigenvalue weighted by molar-refractivity contribution is -0.193. The van der Waals surface area contributed by atoms with E-state index in [4.69, 9.17) is 18.5 Å². The van der Waals surface area contributed by atoms with Gasteiger partial charge in [-0.25, -0.2) is 17.7 Å². The predicted octanol–water partition coefficient (Wildman–Crippen LogP) is 2.49. The molecule has 0 radical (unpaired) electrons. The second kappa shape index (κ2) is 12.0. The number of nitrogens with one attached hydrogen (secondary N) is 1. The minimum atomic E-state index is -4.70. The highest BCUT2D eigenvalue weighted by atomic mass is 31.2. The van der Waals surface area contributed by atoms with E-state index in [-0.39, 0.29) is 5.75 Å². The van der Waals surface area contributed by atoms with Crippen LogP contribution in [0.1, 0.15) is 27.2 Å². The SMILES string of the molecule is CC(C)OC(=O)[C@H](C)NP(=O)(OC[C@@]1(C(F)F)O[C@@H](N2C=CC(=O)CC2=O)[C@H](O)[C@H]1F)Oc1ccccc1. The molecule has 1 aromatic carbocycles.